The molecule has 2 heterocycles. The number of ether oxygens (including phenoxy) is 2. The van der Waals surface area contributed by atoms with Gasteiger partial charge >= 0.3 is 0 Å². The summed E-state index contributed by atoms with van der Waals surface area (Å²) in [6.07, 6.45) is -8.40. The van der Waals surface area contributed by atoms with E-state index in [1.54, 1.807) is 0 Å². The van der Waals surface area contributed by atoms with Crippen LogP contribution in [0.25, 0.3) is 22.3 Å². The minimum atomic E-state index is -1.85. The number of phenolic OH excluding ortho intramolecular Hbond substituents is 4. The Labute approximate surface area is 184 Å². The second kappa shape index (κ2) is 8.42. The zero-order valence-electron chi connectivity index (χ0n) is 16.7. The molecule has 5 atom stereocenters. The van der Waals surface area contributed by atoms with E-state index < -0.39 is 71.5 Å². The molecule has 33 heavy (non-hydrogen) atoms. The van der Waals surface area contributed by atoms with Gasteiger partial charge in [0.05, 0.1) is 6.61 Å². The zero-order chi connectivity index (χ0) is 24.0. The third-order valence-corrected chi connectivity index (χ3v) is 5.24. The van der Waals surface area contributed by atoms with Crippen LogP contribution in [-0.2, 0) is 4.74 Å². The first-order chi connectivity index (χ1) is 15.6. The van der Waals surface area contributed by atoms with Gasteiger partial charge in [0.25, 0.3) is 0 Å². The molecule has 0 aliphatic carbocycles. The van der Waals surface area contributed by atoms with Crippen molar-refractivity contribution in [2.75, 3.05) is 6.61 Å². The van der Waals surface area contributed by atoms with E-state index in [-0.39, 0.29) is 22.3 Å². The summed E-state index contributed by atoms with van der Waals surface area (Å²) >= 11 is 0. The summed E-state index contributed by atoms with van der Waals surface area (Å²) in [6.45, 7) is -0.740. The molecule has 1 aliphatic rings. The number of aliphatic hydroxyl groups excluding tert-OH is 4. The summed E-state index contributed by atoms with van der Waals surface area (Å²) in [5.74, 6) is -3.05. The maximum absolute atomic E-state index is 13.2. The molecule has 0 radical (unpaired) electrons. The van der Waals surface area contributed by atoms with E-state index in [0.717, 1.165) is 24.3 Å². The molecule has 1 fully saturated rings. The Kier molecular flexibility index (Phi) is 5.78. The van der Waals surface area contributed by atoms with Crippen LogP contribution in [0.4, 0.5) is 0 Å². The van der Waals surface area contributed by atoms with Crippen molar-refractivity contribution in [3.05, 3.63) is 40.6 Å². The lowest BCUT2D eigenvalue weighted by molar-refractivity contribution is -0.277. The van der Waals surface area contributed by atoms with Crippen molar-refractivity contribution in [2.24, 2.45) is 0 Å². The van der Waals surface area contributed by atoms with Gasteiger partial charge in [0, 0.05) is 17.7 Å². The molecule has 1 saturated heterocycles. The predicted molar refractivity (Wildman–Crippen MR) is 109 cm³/mol. The van der Waals surface area contributed by atoms with Crippen LogP contribution < -0.4 is 10.2 Å². The third-order valence-electron chi connectivity index (χ3n) is 5.24. The van der Waals surface area contributed by atoms with E-state index in [1.807, 2.05) is 0 Å². The third kappa shape index (κ3) is 3.90. The van der Waals surface area contributed by atoms with Crippen molar-refractivity contribution in [2.45, 2.75) is 30.7 Å². The van der Waals surface area contributed by atoms with Gasteiger partial charge in [-0.25, -0.2) is 0 Å². The van der Waals surface area contributed by atoms with E-state index in [9.17, 15) is 45.6 Å². The van der Waals surface area contributed by atoms with Gasteiger partial charge in [-0.05, 0) is 18.2 Å². The molecule has 0 bridgehead atoms. The van der Waals surface area contributed by atoms with Crippen molar-refractivity contribution < 1.29 is 54.7 Å². The lowest BCUT2D eigenvalue weighted by Crippen LogP contribution is -2.60. The SMILES string of the molecule is O=c1c(O[C@@H]2O[C@H](CO)[C@H](O)[C@@H](O)[C@H]2O)c(-c2ccc(O)c(O)c2)oc2cc(O)cc(O)c12. The molecule has 0 saturated carbocycles. The van der Waals surface area contributed by atoms with E-state index >= 15 is 0 Å². The highest BCUT2D eigenvalue weighted by Gasteiger charge is 2.45. The van der Waals surface area contributed by atoms with Crippen LogP contribution in [0.3, 0.4) is 0 Å². The van der Waals surface area contributed by atoms with Crippen LogP contribution in [0.1, 0.15) is 0 Å². The van der Waals surface area contributed by atoms with Gasteiger partial charge in [-0.1, -0.05) is 0 Å². The first kappa shape index (κ1) is 22.6. The number of rotatable bonds is 4. The maximum atomic E-state index is 13.2. The number of benzene rings is 2. The Hall–Kier alpha value is -3.55. The minimum absolute atomic E-state index is 0.0201. The fourth-order valence-electron chi connectivity index (χ4n) is 3.51. The van der Waals surface area contributed by atoms with Crippen LogP contribution in [0.5, 0.6) is 28.7 Å². The average molecular weight is 464 g/mol. The summed E-state index contributed by atoms with van der Waals surface area (Å²) in [7, 11) is 0. The Morgan fingerprint density at radius 1 is 0.879 bits per heavy atom. The molecular weight excluding hydrogens is 444 g/mol. The molecule has 2 aromatic carbocycles. The second-order valence-electron chi connectivity index (χ2n) is 7.45. The largest absolute Gasteiger partial charge is 0.508 e. The van der Waals surface area contributed by atoms with Crippen molar-refractivity contribution in [1.29, 1.82) is 0 Å². The van der Waals surface area contributed by atoms with E-state index in [2.05, 4.69) is 0 Å². The van der Waals surface area contributed by atoms with Crippen LogP contribution in [0.2, 0.25) is 0 Å². The van der Waals surface area contributed by atoms with Crippen LogP contribution in [0.15, 0.2) is 39.5 Å². The normalized spacial score (nSPS) is 25.3. The molecule has 3 aromatic rings. The van der Waals surface area contributed by atoms with E-state index in [1.165, 1.54) is 6.07 Å². The Morgan fingerprint density at radius 3 is 2.27 bits per heavy atom. The minimum Gasteiger partial charge on any atom is -0.508 e. The number of fused-ring (bicyclic) bond motifs is 1. The van der Waals surface area contributed by atoms with Crippen LogP contribution >= 0.6 is 0 Å². The molecule has 12 nitrogen and oxygen atoms in total. The van der Waals surface area contributed by atoms with Gasteiger partial charge in [0.2, 0.25) is 17.5 Å². The second-order valence-corrected chi connectivity index (χ2v) is 7.45. The molecule has 1 aromatic heterocycles. The lowest BCUT2D eigenvalue weighted by atomic mass is 9.99. The van der Waals surface area contributed by atoms with Crippen LogP contribution in [-0.4, -0.2) is 78.2 Å². The van der Waals surface area contributed by atoms with Crippen LogP contribution in [0, 0.1) is 0 Å². The Morgan fingerprint density at radius 2 is 1.61 bits per heavy atom. The highest BCUT2D eigenvalue weighted by atomic mass is 16.7. The van der Waals surface area contributed by atoms with Crippen molar-refractivity contribution in [3.8, 4) is 40.1 Å². The Balaban J connectivity index is 1.91. The molecule has 0 spiro atoms. The monoisotopic (exact) mass is 464 g/mol. The molecule has 1 aliphatic heterocycles. The molecule has 12 heteroatoms. The van der Waals surface area contributed by atoms with E-state index in [4.69, 9.17) is 13.9 Å². The first-order valence-corrected chi connectivity index (χ1v) is 9.64. The number of aliphatic hydroxyl groups is 4. The van der Waals surface area contributed by atoms with Crippen molar-refractivity contribution in [3.63, 3.8) is 0 Å². The average Bonchev–Trinajstić information content (AvgIpc) is 2.76. The van der Waals surface area contributed by atoms with Gasteiger partial charge in [-0.3, -0.25) is 4.79 Å². The maximum Gasteiger partial charge on any atom is 0.239 e. The van der Waals surface area contributed by atoms with Gasteiger partial charge in [0.1, 0.15) is 46.9 Å². The smallest absolute Gasteiger partial charge is 0.239 e. The standard InChI is InChI=1S/C21H20O12/c22-6-13-15(27)17(29)18(30)21(32-13)33-20-16(28)14-11(26)4-8(23)5-12(14)31-19(20)7-1-2-9(24)10(25)3-7/h1-5,13,15,17-18,21-27,29-30H,6H2/t13-,15+,17-,18-,21+/m1/s1. The molecule has 4 rings (SSSR count). The molecular formula is C21H20O12. The van der Waals surface area contributed by atoms with Gasteiger partial charge < -0.3 is 54.7 Å². The fourth-order valence-corrected chi connectivity index (χ4v) is 3.51. The lowest BCUT2D eigenvalue weighted by Gasteiger charge is -2.39. The summed E-state index contributed by atoms with van der Waals surface area (Å²) < 4.78 is 16.5. The molecule has 0 unspecified atom stereocenters. The highest BCUT2D eigenvalue weighted by molar-refractivity contribution is 5.88. The number of phenols is 4. The number of hydrogen-bond donors (Lipinski definition) is 8. The highest BCUT2D eigenvalue weighted by Crippen LogP contribution is 2.39. The molecule has 0 amide bonds. The number of hydrogen-bond acceptors (Lipinski definition) is 12. The molecule has 8 N–H and O–H groups in total. The predicted octanol–water partition coefficient (Wildman–Crippen LogP) is -0.539. The van der Waals surface area contributed by atoms with Crippen molar-refractivity contribution in [1.82, 2.24) is 0 Å². The van der Waals surface area contributed by atoms with Gasteiger partial charge in [-0.2, -0.15) is 0 Å². The quantitative estimate of drug-likeness (QED) is 0.229. The summed E-state index contributed by atoms with van der Waals surface area (Å²) in [6, 6.07) is 5.36. The number of aromatic hydroxyl groups is 4. The van der Waals surface area contributed by atoms with E-state index in [0.29, 0.717) is 0 Å². The topological polar surface area (TPSA) is 211 Å². The van der Waals surface area contributed by atoms with Gasteiger partial charge in [-0.15, -0.1) is 0 Å². The first-order valence-electron chi connectivity index (χ1n) is 9.64. The summed E-state index contributed by atoms with van der Waals surface area (Å²) in [5.41, 5.74) is -1.19. The van der Waals surface area contributed by atoms with Gasteiger partial charge in [0.15, 0.2) is 17.3 Å². The van der Waals surface area contributed by atoms with Crippen molar-refractivity contribution >= 4 is 11.0 Å². The summed E-state index contributed by atoms with van der Waals surface area (Å²) in [4.78, 5) is 13.2. The zero-order valence-corrected chi connectivity index (χ0v) is 16.7. The molecule has 176 valence electrons. The Bertz CT molecular complexity index is 1250. The fraction of sp³-hybridized carbons (Fsp3) is 0.286. The summed E-state index contributed by atoms with van der Waals surface area (Å²) in [5, 5.41) is 78.7.